The van der Waals surface area contributed by atoms with Gasteiger partial charge in [0.2, 0.25) is 0 Å². The standard InChI is InChI=1S/C20H22N4S/c1-16-5-7-17(8-6-16)20-22-18(15-25-20)14-23-10-12-24(13-11-23)19-4-2-3-9-21-19/h2-9,15H,10-14H2,1H3/p+2. The summed E-state index contributed by atoms with van der Waals surface area (Å²) in [6.45, 7) is 7.62. The fourth-order valence-electron chi connectivity index (χ4n) is 3.29. The smallest absolute Gasteiger partial charge is 0.274 e. The molecule has 1 saturated heterocycles. The highest BCUT2D eigenvalue weighted by atomic mass is 32.1. The van der Waals surface area contributed by atoms with Crippen molar-refractivity contribution < 1.29 is 9.88 Å². The van der Waals surface area contributed by atoms with Gasteiger partial charge in [0.25, 0.3) is 5.82 Å². The number of aryl methyl sites for hydroxylation is 1. The topological polar surface area (TPSA) is 34.7 Å². The van der Waals surface area contributed by atoms with Crippen molar-refractivity contribution in [2.24, 2.45) is 0 Å². The first-order chi connectivity index (χ1) is 12.3. The lowest BCUT2D eigenvalue weighted by Crippen LogP contribution is -3.13. The van der Waals surface area contributed by atoms with Crippen molar-refractivity contribution >= 4 is 17.2 Å². The number of piperazine rings is 1. The first-order valence-electron chi connectivity index (χ1n) is 8.84. The van der Waals surface area contributed by atoms with Crippen LogP contribution in [-0.4, -0.2) is 31.2 Å². The van der Waals surface area contributed by atoms with Gasteiger partial charge in [0.1, 0.15) is 43.4 Å². The molecule has 4 nitrogen and oxygen atoms in total. The van der Waals surface area contributed by atoms with Crippen molar-refractivity contribution in [3.8, 4) is 10.6 Å². The van der Waals surface area contributed by atoms with Crippen molar-refractivity contribution in [1.29, 1.82) is 0 Å². The SMILES string of the molecule is Cc1ccc(-c2nc(C[NH+]3CCN(c4cccc[nH+]4)CC3)cs2)cc1. The number of aromatic amines is 1. The van der Waals surface area contributed by atoms with Gasteiger partial charge in [-0.2, -0.15) is 0 Å². The monoisotopic (exact) mass is 352 g/mol. The molecule has 2 aromatic heterocycles. The Balaban J connectivity index is 1.35. The molecule has 0 aliphatic carbocycles. The Bertz CT molecular complexity index is 805. The zero-order valence-corrected chi connectivity index (χ0v) is 15.4. The van der Waals surface area contributed by atoms with Crippen LogP contribution in [-0.2, 0) is 6.54 Å². The number of nitrogens with one attached hydrogen (secondary N) is 2. The number of H-pyrrole nitrogens is 1. The van der Waals surface area contributed by atoms with Crippen LogP contribution in [0.2, 0.25) is 0 Å². The number of aromatic nitrogens is 2. The summed E-state index contributed by atoms with van der Waals surface area (Å²) in [4.78, 5) is 12.2. The van der Waals surface area contributed by atoms with Crippen molar-refractivity contribution in [1.82, 2.24) is 4.98 Å². The average molecular weight is 353 g/mol. The van der Waals surface area contributed by atoms with E-state index in [9.17, 15) is 0 Å². The summed E-state index contributed by atoms with van der Waals surface area (Å²) in [5.41, 5.74) is 3.73. The van der Waals surface area contributed by atoms with Gasteiger partial charge in [0, 0.05) is 17.0 Å². The lowest BCUT2D eigenvalue weighted by molar-refractivity contribution is -0.914. The van der Waals surface area contributed by atoms with Crippen molar-refractivity contribution in [2.45, 2.75) is 13.5 Å². The number of quaternary nitrogens is 1. The number of hydrogen-bond acceptors (Lipinski definition) is 3. The van der Waals surface area contributed by atoms with Crippen LogP contribution in [0.5, 0.6) is 0 Å². The predicted molar refractivity (Wildman–Crippen MR) is 102 cm³/mol. The molecule has 3 aromatic rings. The van der Waals surface area contributed by atoms with Gasteiger partial charge >= 0.3 is 0 Å². The first kappa shape index (κ1) is 16.2. The lowest BCUT2D eigenvalue weighted by atomic mass is 10.2. The molecule has 4 rings (SSSR count). The van der Waals surface area contributed by atoms with E-state index in [4.69, 9.17) is 4.98 Å². The average Bonchev–Trinajstić information content (AvgIpc) is 3.12. The zero-order valence-electron chi connectivity index (χ0n) is 14.5. The summed E-state index contributed by atoms with van der Waals surface area (Å²) >= 11 is 1.75. The van der Waals surface area contributed by atoms with Gasteiger partial charge in [-0.3, -0.25) is 4.90 Å². The van der Waals surface area contributed by atoms with Crippen LogP contribution in [0, 0.1) is 6.92 Å². The van der Waals surface area contributed by atoms with Gasteiger partial charge in [-0.05, 0) is 13.0 Å². The zero-order chi connectivity index (χ0) is 17.1. The summed E-state index contributed by atoms with van der Waals surface area (Å²) < 4.78 is 0. The maximum absolute atomic E-state index is 4.86. The maximum atomic E-state index is 4.86. The Hall–Kier alpha value is -2.24. The quantitative estimate of drug-likeness (QED) is 0.778. The maximum Gasteiger partial charge on any atom is 0.274 e. The molecular formula is C20H24N4S+2. The summed E-state index contributed by atoms with van der Waals surface area (Å²) in [6.07, 6.45) is 2.00. The number of hydrogen-bond donors (Lipinski definition) is 1. The molecule has 2 N–H and O–H groups in total. The van der Waals surface area contributed by atoms with Crippen LogP contribution >= 0.6 is 11.3 Å². The largest absolute Gasteiger partial charge is 0.323 e. The molecule has 0 amide bonds. The van der Waals surface area contributed by atoms with Crippen LogP contribution in [0.3, 0.4) is 0 Å². The molecule has 0 saturated carbocycles. The minimum Gasteiger partial charge on any atom is -0.323 e. The predicted octanol–water partition coefficient (Wildman–Crippen LogP) is 1.84. The summed E-state index contributed by atoms with van der Waals surface area (Å²) in [5.74, 6) is 1.22. The molecule has 128 valence electrons. The van der Waals surface area contributed by atoms with Gasteiger partial charge in [-0.15, -0.1) is 11.3 Å². The second-order valence-corrected chi connectivity index (χ2v) is 7.53. The van der Waals surface area contributed by atoms with Gasteiger partial charge in [-0.25, -0.2) is 9.97 Å². The summed E-state index contributed by atoms with van der Waals surface area (Å²) in [6, 6.07) is 14.9. The van der Waals surface area contributed by atoms with E-state index < -0.39 is 0 Å². The molecule has 1 fully saturated rings. The van der Waals surface area contributed by atoms with Gasteiger partial charge in [0.05, 0.1) is 6.20 Å². The molecule has 1 aliphatic rings. The number of pyridine rings is 1. The van der Waals surface area contributed by atoms with E-state index in [0.717, 1.165) is 37.7 Å². The molecule has 1 aromatic carbocycles. The highest BCUT2D eigenvalue weighted by Crippen LogP contribution is 2.23. The molecule has 0 unspecified atom stereocenters. The number of benzene rings is 1. The van der Waals surface area contributed by atoms with Crippen LogP contribution < -0.4 is 14.8 Å². The van der Waals surface area contributed by atoms with E-state index in [0.29, 0.717) is 0 Å². The van der Waals surface area contributed by atoms with E-state index in [2.05, 4.69) is 58.6 Å². The minimum atomic E-state index is 1.02. The molecule has 0 atom stereocenters. The summed E-state index contributed by atoms with van der Waals surface area (Å²) in [5, 5.41) is 3.35. The fraction of sp³-hybridized carbons (Fsp3) is 0.300. The van der Waals surface area contributed by atoms with Crippen LogP contribution in [0.1, 0.15) is 11.3 Å². The summed E-state index contributed by atoms with van der Waals surface area (Å²) in [7, 11) is 0. The Morgan fingerprint density at radius 3 is 2.64 bits per heavy atom. The molecule has 3 heterocycles. The van der Waals surface area contributed by atoms with E-state index in [1.807, 2.05) is 12.3 Å². The van der Waals surface area contributed by atoms with Crippen molar-refractivity contribution in [3.05, 3.63) is 65.3 Å². The first-order valence-corrected chi connectivity index (χ1v) is 9.72. The van der Waals surface area contributed by atoms with E-state index >= 15 is 0 Å². The lowest BCUT2D eigenvalue weighted by Gasteiger charge is -2.27. The molecule has 0 radical (unpaired) electrons. The number of anilines is 1. The van der Waals surface area contributed by atoms with Crippen LogP contribution in [0.15, 0.2) is 54.0 Å². The third-order valence-electron chi connectivity index (χ3n) is 4.79. The Morgan fingerprint density at radius 1 is 1.12 bits per heavy atom. The Kier molecular flexibility index (Phi) is 4.76. The second kappa shape index (κ2) is 7.33. The van der Waals surface area contributed by atoms with Crippen LogP contribution in [0.25, 0.3) is 10.6 Å². The molecule has 5 heteroatoms. The highest BCUT2D eigenvalue weighted by Gasteiger charge is 2.26. The van der Waals surface area contributed by atoms with Gasteiger partial charge in [0.15, 0.2) is 0 Å². The Labute approximate surface area is 152 Å². The van der Waals surface area contributed by atoms with Crippen molar-refractivity contribution in [2.75, 3.05) is 31.1 Å². The van der Waals surface area contributed by atoms with Crippen molar-refractivity contribution in [3.63, 3.8) is 0 Å². The fourth-order valence-corrected chi connectivity index (χ4v) is 4.12. The number of thiazole rings is 1. The molecule has 25 heavy (non-hydrogen) atoms. The molecule has 1 aliphatic heterocycles. The van der Waals surface area contributed by atoms with E-state index in [1.54, 1.807) is 16.2 Å². The van der Waals surface area contributed by atoms with Gasteiger partial charge in [-0.1, -0.05) is 35.9 Å². The third-order valence-corrected chi connectivity index (χ3v) is 5.73. The molecular weight excluding hydrogens is 328 g/mol. The third kappa shape index (κ3) is 3.89. The van der Waals surface area contributed by atoms with Crippen LogP contribution in [0.4, 0.5) is 5.82 Å². The van der Waals surface area contributed by atoms with Gasteiger partial charge < -0.3 is 4.90 Å². The number of rotatable bonds is 4. The van der Waals surface area contributed by atoms with E-state index in [1.165, 1.54) is 22.6 Å². The minimum absolute atomic E-state index is 1.02. The van der Waals surface area contributed by atoms with E-state index in [-0.39, 0.29) is 0 Å². The Morgan fingerprint density at radius 2 is 1.92 bits per heavy atom. The number of nitrogens with zero attached hydrogens (tertiary/aromatic N) is 2. The second-order valence-electron chi connectivity index (χ2n) is 6.67. The molecule has 0 bridgehead atoms. The highest BCUT2D eigenvalue weighted by molar-refractivity contribution is 7.13. The normalized spacial score (nSPS) is 15.5. The molecule has 0 spiro atoms.